The van der Waals surface area contributed by atoms with E-state index in [-0.39, 0.29) is 11.8 Å². The molecule has 0 spiro atoms. The fraction of sp³-hybridized carbons (Fsp3) is 0.176. The molecule has 2 N–H and O–H groups in total. The van der Waals surface area contributed by atoms with Crippen LogP contribution >= 0.6 is 0 Å². The predicted molar refractivity (Wildman–Crippen MR) is 86.3 cm³/mol. The number of amides is 2. The molecule has 0 aliphatic carbocycles. The van der Waals surface area contributed by atoms with Gasteiger partial charge in [-0.1, -0.05) is 0 Å². The Morgan fingerprint density at radius 3 is 2.61 bits per heavy atom. The first-order valence-electron chi connectivity index (χ1n) is 7.07. The lowest BCUT2D eigenvalue weighted by atomic mass is 10.1. The van der Waals surface area contributed by atoms with Crippen LogP contribution in [0.25, 0.3) is 0 Å². The molecular formula is C17H16N2O4. The number of carbonyl (C=O) groups is 2. The molecule has 0 fully saturated rings. The predicted octanol–water partition coefficient (Wildman–Crippen LogP) is 2.45. The highest BCUT2D eigenvalue weighted by molar-refractivity contribution is 6.06. The first-order valence-corrected chi connectivity index (χ1v) is 7.07. The molecule has 2 aromatic rings. The number of anilines is 2. The average molecular weight is 312 g/mol. The van der Waals surface area contributed by atoms with Gasteiger partial charge in [0.05, 0.1) is 20.6 Å². The molecule has 1 heterocycles. The van der Waals surface area contributed by atoms with Crippen LogP contribution in [0, 0.1) is 0 Å². The van der Waals surface area contributed by atoms with E-state index >= 15 is 0 Å². The van der Waals surface area contributed by atoms with Gasteiger partial charge in [-0.2, -0.15) is 0 Å². The summed E-state index contributed by atoms with van der Waals surface area (Å²) < 4.78 is 10.4. The van der Waals surface area contributed by atoms with Crippen molar-refractivity contribution in [2.45, 2.75) is 6.42 Å². The molecule has 1 aliphatic heterocycles. The molecule has 0 saturated heterocycles. The lowest BCUT2D eigenvalue weighted by molar-refractivity contribution is -0.115. The Hall–Kier alpha value is -3.02. The van der Waals surface area contributed by atoms with Crippen molar-refractivity contribution >= 4 is 23.2 Å². The van der Waals surface area contributed by atoms with Gasteiger partial charge in [0.2, 0.25) is 5.91 Å². The quantitative estimate of drug-likeness (QED) is 0.909. The lowest BCUT2D eigenvalue weighted by Gasteiger charge is -2.11. The zero-order chi connectivity index (χ0) is 16.4. The minimum atomic E-state index is -0.251. The number of rotatable bonds is 4. The summed E-state index contributed by atoms with van der Waals surface area (Å²) in [6, 6.07) is 10.3. The molecule has 0 unspecified atom stereocenters. The number of ether oxygens (including phenoxy) is 2. The van der Waals surface area contributed by atoms with Gasteiger partial charge in [0, 0.05) is 23.0 Å². The van der Waals surface area contributed by atoms with Crippen LogP contribution in [0.5, 0.6) is 11.5 Å². The van der Waals surface area contributed by atoms with E-state index in [9.17, 15) is 9.59 Å². The van der Waals surface area contributed by atoms with Crippen LogP contribution in [0.2, 0.25) is 0 Å². The fourth-order valence-corrected chi connectivity index (χ4v) is 2.49. The van der Waals surface area contributed by atoms with Crippen LogP contribution in [-0.2, 0) is 11.2 Å². The molecular weight excluding hydrogens is 296 g/mol. The Labute approximate surface area is 133 Å². The van der Waals surface area contributed by atoms with Crippen molar-refractivity contribution in [1.82, 2.24) is 0 Å². The summed E-state index contributed by atoms with van der Waals surface area (Å²) in [4.78, 5) is 23.7. The second kappa shape index (κ2) is 6.00. The van der Waals surface area contributed by atoms with E-state index in [4.69, 9.17) is 9.47 Å². The molecule has 0 atom stereocenters. The minimum absolute atomic E-state index is 0.0579. The maximum Gasteiger partial charge on any atom is 0.255 e. The summed E-state index contributed by atoms with van der Waals surface area (Å²) in [5, 5.41) is 5.55. The van der Waals surface area contributed by atoms with Crippen LogP contribution in [-0.4, -0.2) is 26.0 Å². The average Bonchev–Trinajstić information content (AvgIpc) is 2.93. The second-order valence-electron chi connectivity index (χ2n) is 5.12. The largest absolute Gasteiger partial charge is 0.493 e. The molecule has 6 nitrogen and oxygen atoms in total. The van der Waals surface area contributed by atoms with Gasteiger partial charge in [-0.05, 0) is 35.9 Å². The summed E-state index contributed by atoms with van der Waals surface area (Å²) in [6.07, 6.45) is 0.298. The molecule has 3 rings (SSSR count). The highest BCUT2D eigenvalue weighted by atomic mass is 16.5. The molecule has 0 saturated carbocycles. The standard InChI is InChI=1S/C17H16N2O4/c1-22-14-6-4-12(9-15(14)23-2)18-17(21)10-3-5-13-11(7-10)8-16(20)19-13/h3-7,9H,8H2,1-2H3,(H,18,21)(H,19,20). The third kappa shape index (κ3) is 2.96. The number of hydrogen-bond donors (Lipinski definition) is 2. The Balaban J connectivity index is 1.80. The summed E-state index contributed by atoms with van der Waals surface area (Å²) in [5.41, 5.74) is 2.69. The van der Waals surface area contributed by atoms with Crippen molar-refractivity contribution in [3.63, 3.8) is 0 Å². The van der Waals surface area contributed by atoms with Gasteiger partial charge in [0.1, 0.15) is 0 Å². The molecule has 2 amide bonds. The van der Waals surface area contributed by atoms with Gasteiger partial charge in [-0.15, -0.1) is 0 Å². The van der Waals surface area contributed by atoms with E-state index in [1.807, 2.05) is 0 Å². The van der Waals surface area contributed by atoms with E-state index in [0.717, 1.165) is 11.3 Å². The summed E-state index contributed by atoms with van der Waals surface area (Å²) >= 11 is 0. The van der Waals surface area contributed by atoms with Crippen molar-refractivity contribution < 1.29 is 19.1 Å². The van der Waals surface area contributed by atoms with Crippen LogP contribution in [0.4, 0.5) is 11.4 Å². The van der Waals surface area contributed by atoms with E-state index in [2.05, 4.69) is 10.6 Å². The third-order valence-corrected chi connectivity index (χ3v) is 3.63. The highest BCUT2D eigenvalue weighted by Crippen LogP contribution is 2.30. The monoisotopic (exact) mass is 312 g/mol. The fourth-order valence-electron chi connectivity index (χ4n) is 2.49. The summed E-state index contributed by atoms with van der Waals surface area (Å²) in [6.45, 7) is 0. The van der Waals surface area contributed by atoms with Gasteiger partial charge in [-0.25, -0.2) is 0 Å². The molecule has 0 radical (unpaired) electrons. The molecule has 118 valence electrons. The van der Waals surface area contributed by atoms with Gasteiger partial charge < -0.3 is 20.1 Å². The Bertz CT molecular complexity index is 786. The number of nitrogens with one attached hydrogen (secondary N) is 2. The number of carbonyl (C=O) groups excluding carboxylic acids is 2. The summed E-state index contributed by atoms with van der Waals surface area (Å²) in [7, 11) is 3.09. The van der Waals surface area contributed by atoms with Gasteiger partial charge in [0.25, 0.3) is 5.91 Å². The first-order chi connectivity index (χ1) is 11.1. The van der Waals surface area contributed by atoms with E-state index in [0.29, 0.717) is 29.2 Å². The number of benzene rings is 2. The lowest BCUT2D eigenvalue weighted by Crippen LogP contribution is -2.12. The van der Waals surface area contributed by atoms with Crippen molar-refractivity contribution in [1.29, 1.82) is 0 Å². The summed E-state index contributed by atoms with van der Waals surface area (Å²) in [5.74, 6) is 0.818. The molecule has 0 aromatic heterocycles. The Morgan fingerprint density at radius 1 is 1.09 bits per heavy atom. The minimum Gasteiger partial charge on any atom is -0.493 e. The first kappa shape index (κ1) is 14.9. The van der Waals surface area contributed by atoms with Crippen LogP contribution < -0.4 is 20.1 Å². The van der Waals surface area contributed by atoms with Gasteiger partial charge in [0.15, 0.2) is 11.5 Å². The van der Waals surface area contributed by atoms with Crippen molar-refractivity contribution in [2.24, 2.45) is 0 Å². The zero-order valence-corrected chi connectivity index (χ0v) is 12.8. The number of methoxy groups -OCH3 is 2. The van der Waals surface area contributed by atoms with E-state index in [1.54, 1.807) is 43.5 Å². The van der Waals surface area contributed by atoms with Crippen molar-refractivity contribution in [2.75, 3.05) is 24.9 Å². The SMILES string of the molecule is COc1ccc(NC(=O)c2ccc3c(c2)CC(=O)N3)cc1OC. The molecule has 6 heteroatoms. The number of fused-ring (bicyclic) bond motifs is 1. The molecule has 1 aliphatic rings. The van der Waals surface area contributed by atoms with Crippen LogP contribution in [0.1, 0.15) is 15.9 Å². The third-order valence-electron chi connectivity index (χ3n) is 3.63. The second-order valence-corrected chi connectivity index (χ2v) is 5.12. The maximum atomic E-state index is 12.4. The van der Waals surface area contributed by atoms with Gasteiger partial charge in [-0.3, -0.25) is 9.59 Å². The van der Waals surface area contributed by atoms with Crippen molar-refractivity contribution in [3.05, 3.63) is 47.5 Å². The maximum absolute atomic E-state index is 12.4. The van der Waals surface area contributed by atoms with Crippen molar-refractivity contribution in [3.8, 4) is 11.5 Å². The molecule has 23 heavy (non-hydrogen) atoms. The topological polar surface area (TPSA) is 76.7 Å². The highest BCUT2D eigenvalue weighted by Gasteiger charge is 2.19. The normalized spacial score (nSPS) is 12.3. The van der Waals surface area contributed by atoms with E-state index in [1.165, 1.54) is 7.11 Å². The Morgan fingerprint density at radius 2 is 1.87 bits per heavy atom. The smallest absolute Gasteiger partial charge is 0.255 e. The zero-order valence-electron chi connectivity index (χ0n) is 12.8. The number of hydrogen-bond acceptors (Lipinski definition) is 4. The van der Waals surface area contributed by atoms with Gasteiger partial charge >= 0.3 is 0 Å². The molecule has 0 bridgehead atoms. The van der Waals surface area contributed by atoms with Crippen LogP contribution in [0.15, 0.2) is 36.4 Å². The van der Waals surface area contributed by atoms with E-state index < -0.39 is 0 Å². The molecule has 2 aromatic carbocycles. The Kier molecular flexibility index (Phi) is 3.89. The van der Waals surface area contributed by atoms with Crippen LogP contribution in [0.3, 0.4) is 0 Å².